The molecule has 114 valence electrons. The number of hydrogen-bond donors (Lipinski definition) is 1. The van der Waals surface area contributed by atoms with E-state index in [0.717, 1.165) is 36.6 Å². The van der Waals surface area contributed by atoms with Crippen LogP contribution in [-0.2, 0) is 11.3 Å². The van der Waals surface area contributed by atoms with Gasteiger partial charge in [0.1, 0.15) is 0 Å². The van der Waals surface area contributed by atoms with Gasteiger partial charge in [-0.2, -0.15) is 0 Å². The topological polar surface area (TPSA) is 24.5 Å². The van der Waals surface area contributed by atoms with Gasteiger partial charge in [-0.1, -0.05) is 31.5 Å². The second kappa shape index (κ2) is 9.22. The largest absolute Gasteiger partial charge is 0.383 e. The summed E-state index contributed by atoms with van der Waals surface area (Å²) in [5.74, 6) is 0. The normalized spacial score (nSPS) is 11.1. The van der Waals surface area contributed by atoms with Gasteiger partial charge in [-0.15, -0.1) is 0 Å². The van der Waals surface area contributed by atoms with Crippen LogP contribution in [0.25, 0.3) is 0 Å². The molecule has 1 aromatic rings. The summed E-state index contributed by atoms with van der Waals surface area (Å²) in [6.07, 6.45) is 2.21. The Morgan fingerprint density at radius 1 is 1.30 bits per heavy atom. The molecule has 0 fully saturated rings. The number of anilines is 1. The van der Waals surface area contributed by atoms with Crippen LogP contribution in [-0.4, -0.2) is 33.4 Å². The monoisotopic (exact) mass is 298 g/mol. The van der Waals surface area contributed by atoms with Crippen LogP contribution in [0.2, 0.25) is 5.02 Å². The van der Waals surface area contributed by atoms with Crippen LogP contribution in [0.3, 0.4) is 0 Å². The van der Waals surface area contributed by atoms with Crippen molar-refractivity contribution in [2.24, 2.45) is 0 Å². The molecule has 0 aliphatic rings. The third-order valence-corrected chi connectivity index (χ3v) is 3.92. The highest BCUT2D eigenvalue weighted by Gasteiger charge is 2.18. The van der Waals surface area contributed by atoms with Gasteiger partial charge >= 0.3 is 0 Å². The first-order chi connectivity index (χ1) is 9.67. The highest BCUT2D eigenvalue weighted by molar-refractivity contribution is 6.33. The van der Waals surface area contributed by atoms with Crippen molar-refractivity contribution < 1.29 is 4.74 Å². The zero-order chi connectivity index (χ0) is 15.0. The molecule has 0 unspecified atom stereocenters. The van der Waals surface area contributed by atoms with Crippen molar-refractivity contribution in [3.05, 3.63) is 28.8 Å². The first-order valence-corrected chi connectivity index (χ1v) is 7.74. The van der Waals surface area contributed by atoms with E-state index in [4.69, 9.17) is 16.3 Å². The van der Waals surface area contributed by atoms with E-state index in [1.807, 2.05) is 7.05 Å². The molecule has 0 aliphatic heterocycles. The van der Waals surface area contributed by atoms with Gasteiger partial charge in [-0.25, -0.2) is 0 Å². The second-order valence-electron chi connectivity index (χ2n) is 4.97. The minimum absolute atomic E-state index is 0.498. The molecule has 0 aliphatic carbocycles. The summed E-state index contributed by atoms with van der Waals surface area (Å²) in [6, 6.07) is 6.82. The molecular weight excluding hydrogens is 272 g/mol. The summed E-state index contributed by atoms with van der Waals surface area (Å²) >= 11 is 6.49. The van der Waals surface area contributed by atoms with Crippen LogP contribution in [0, 0.1) is 0 Å². The van der Waals surface area contributed by atoms with E-state index in [9.17, 15) is 0 Å². The molecule has 3 nitrogen and oxygen atoms in total. The molecule has 0 radical (unpaired) electrons. The molecule has 1 aromatic carbocycles. The standard InChI is InChI=1S/C16H27ClN2O/c1-5-14(6-2)19(9-10-20-4)16-8-7-13(12-18-3)11-15(16)17/h7-8,11,14,18H,5-6,9-10,12H2,1-4H3. The Bertz CT molecular complexity index is 394. The van der Waals surface area contributed by atoms with Crippen molar-refractivity contribution in [2.75, 3.05) is 32.2 Å². The lowest BCUT2D eigenvalue weighted by Crippen LogP contribution is -2.37. The quantitative estimate of drug-likeness (QED) is 0.752. The van der Waals surface area contributed by atoms with Crippen molar-refractivity contribution in [3.63, 3.8) is 0 Å². The van der Waals surface area contributed by atoms with E-state index in [-0.39, 0.29) is 0 Å². The van der Waals surface area contributed by atoms with Gasteiger partial charge in [0.2, 0.25) is 0 Å². The van der Waals surface area contributed by atoms with Crippen LogP contribution < -0.4 is 10.2 Å². The van der Waals surface area contributed by atoms with E-state index >= 15 is 0 Å². The molecule has 0 heterocycles. The molecule has 0 atom stereocenters. The zero-order valence-corrected chi connectivity index (χ0v) is 13.8. The summed E-state index contributed by atoms with van der Waals surface area (Å²) in [5, 5.41) is 3.97. The Balaban J connectivity index is 2.99. The molecule has 1 N–H and O–H groups in total. The highest BCUT2D eigenvalue weighted by Crippen LogP contribution is 2.29. The number of methoxy groups -OCH3 is 1. The van der Waals surface area contributed by atoms with Crippen LogP contribution >= 0.6 is 11.6 Å². The fourth-order valence-electron chi connectivity index (χ4n) is 2.52. The number of nitrogens with one attached hydrogen (secondary N) is 1. The molecule has 4 heteroatoms. The number of nitrogens with zero attached hydrogens (tertiary/aromatic N) is 1. The molecule has 1 rings (SSSR count). The zero-order valence-electron chi connectivity index (χ0n) is 13.1. The first-order valence-electron chi connectivity index (χ1n) is 7.36. The third-order valence-electron chi connectivity index (χ3n) is 3.62. The maximum absolute atomic E-state index is 6.49. The van der Waals surface area contributed by atoms with Crippen molar-refractivity contribution >= 4 is 17.3 Å². The molecule has 0 aromatic heterocycles. The summed E-state index contributed by atoms with van der Waals surface area (Å²) in [6.45, 7) is 6.86. The molecule has 0 saturated carbocycles. The highest BCUT2D eigenvalue weighted by atomic mass is 35.5. The average Bonchev–Trinajstić information content (AvgIpc) is 2.45. The molecule has 0 saturated heterocycles. The minimum atomic E-state index is 0.498. The lowest BCUT2D eigenvalue weighted by atomic mass is 10.1. The Labute approximate surface area is 128 Å². The van der Waals surface area contributed by atoms with Gasteiger partial charge in [0.15, 0.2) is 0 Å². The maximum atomic E-state index is 6.49. The van der Waals surface area contributed by atoms with E-state index < -0.39 is 0 Å². The number of ether oxygens (including phenoxy) is 1. The van der Waals surface area contributed by atoms with Gasteiger partial charge in [0, 0.05) is 26.2 Å². The Kier molecular flexibility index (Phi) is 7.97. The lowest BCUT2D eigenvalue weighted by molar-refractivity contribution is 0.202. The summed E-state index contributed by atoms with van der Waals surface area (Å²) in [7, 11) is 3.68. The predicted octanol–water partition coefficient (Wildman–Crippen LogP) is 3.70. The van der Waals surface area contributed by atoms with Crippen LogP contribution in [0.15, 0.2) is 18.2 Å². The Morgan fingerprint density at radius 3 is 2.50 bits per heavy atom. The van der Waals surface area contributed by atoms with E-state index in [1.165, 1.54) is 5.56 Å². The van der Waals surface area contributed by atoms with E-state index in [0.29, 0.717) is 12.6 Å². The van der Waals surface area contributed by atoms with Crippen molar-refractivity contribution in [3.8, 4) is 0 Å². The van der Waals surface area contributed by atoms with Gasteiger partial charge in [0.25, 0.3) is 0 Å². The van der Waals surface area contributed by atoms with E-state index in [1.54, 1.807) is 7.11 Å². The SMILES string of the molecule is CCC(CC)N(CCOC)c1ccc(CNC)cc1Cl. The first kappa shape index (κ1) is 17.3. The van der Waals surface area contributed by atoms with Crippen molar-refractivity contribution in [1.29, 1.82) is 0 Å². The summed E-state index contributed by atoms with van der Waals surface area (Å²) in [5.41, 5.74) is 2.31. The van der Waals surface area contributed by atoms with Crippen molar-refractivity contribution in [2.45, 2.75) is 39.3 Å². The maximum Gasteiger partial charge on any atom is 0.0642 e. The molecule has 0 amide bonds. The number of halogens is 1. The molecule has 0 spiro atoms. The van der Waals surface area contributed by atoms with Crippen LogP contribution in [0.1, 0.15) is 32.3 Å². The average molecular weight is 299 g/mol. The summed E-state index contributed by atoms with van der Waals surface area (Å²) in [4.78, 5) is 2.37. The fraction of sp³-hybridized carbons (Fsp3) is 0.625. The molecule has 20 heavy (non-hydrogen) atoms. The second-order valence-corrected chi connectivity index (χ2v) is 5.38. The van der Waals surface area contributed by atoms with Gasteiger partial charge < -0.3 is 15.0 Å². The Morgan fingerprint density at radius 2 is 2.00 bits per heavy atom. The van der Waals surface area contributed by atoms with E-state index in [2.05, 4.69) is 42.3 Å². The van der Waals surface area contributed by atoms with Crippen LogP contribution in [0.5, 0.6) is 0 Å². The van der Waals surface area contributed by atoms with Gasteiger partial charge in [-0.3, -0.25) is 0 Å². The number of benzene rings is 1. The fourth-order valence-corrected chi connectivity index (χ4v) is 2.83. The molecule has 0 bridgehead atoms. The van der Waals surface area contributed by atoms with Gasteiger partial charge in [0.05, 0.1) is 17.3 Å². The molecular formula is C16H27ClN2O. The third kappa shape index (κ3) is 4.65. The minimum Gasteiger partial charge on any atom is -0.383 e. The lowest BCUT2D eigenvalue weighted by Gasteiger charge is -2.33. The Hall–Kier alpha value is -0.770. The van der Waals surface area contributed by atoms with Crippen LogP contribution in [0.4, 0.5) is 5.69 Å². The number of hydrogen-bond acceptors (Lipinski definition) is 3. The predicted molar refractivity (Wildman–Crippen MR) is 87.8 cm³/mol. The summed E-state index contributed by atoms with van der Waals surface area (Å²) < 4.78 is 5.24. The van der Waals surface area contributed by atoms with Crippen molar-refractivity contribution in [1.82, 2.24) is 5.32 Å². The van der Waals surface area contributed by atoms with Gasteiger partial charge in [-0.05, 0) is 37.6 Å². The smallest absolute Gasteiger partial charge is 0.0642 e. The number of rotatable bonds is 9.